The number of aromatic nitrogens is 2. The van der Waals surface area contributed by atoms with Crippen LogP contribution in [0.2, 0.25) is 0 Å². The van der Waals surface area contributed by atoms with E-state index in [0.29, 0.717) is 6.04 Å². The number of hydrogen-bond acceptors (Lipinski definition) is 3. The molecule has 1 atom stereocenters. The van der Waals surface area contributed by atoms with Crippen molar-refractivity contribution in [2.75, 3.05) is 11.4 Å². The van der Waals surface area contributed by atoms with Crippen molar-refractivity contribution in [1.82, 2.24) is 9.97 Å². The Morgan fingerprint density at radius 2 is 1.95 bits per heavy atom. The van der Waals surface area contributed by atoms with E-state index >= 15 is 0 Å². The molecule has 3 nitrogen and oxygen atoms in total. The molecule has 22 heavy (non-hydrogen) atoms. The molecule has 3 aromatic rings. The fourth-order valence-corrected chi connectivity index (χ4v) is 3.45. The topological polar surface area (TPSA) is 29.0 Å². The molecule has 0 radical (unpaired) electrons. The zero-order chi connectivity index (χ0) is 15.1. The van der Waals surface area contributed by atoms with Gasteiger partial charge >= 0.3 is 0 Å². The summed E-state index contributed by atoms with van der Waals surface area (Å²) in [6.07, 6.45) is 2.75. The Morgan fingerprint density at radius 1 is 1.09 bits per heavy atom. The zero-order valence-electron chi connectivity index (χ0n) is 13.0. The average molecular weight is 289 g/mol. The number of rotatable bonds is 1. The number of fused-ring (bicyclic) bond motifs is 2. The first kappa shape index (κ1) is 13.3. The summed E-state index contributed by atoms with van der Waals surface area (Å²) in [5.74, 6) is 1.05. The highest BCUT2D eigenvalue weighted by molar-refractivity contribution is 5.90. The Kier molecular flexibility index (Phi) is 3.07. The lowest BCUT2D eigenvalue weighted by atomic mass is 9.93. The quantitative estimate of drug-likeness (QED) is 0.676. The highest BCUT2D eigenvalue weighted by Gasteiger charge is 2.25. The van der Waals surface area contributed by atoms with Crippen molar-refractivity contribution < 1.29 is 0 Å². The van der Waals surface area contributed by atoms with E-state index in [1.54, 1.807) is 6.33 Å². The van der Waals surface area contributed by atoms with E-state index in [0.717, 1.165) is 29.7 Å². The molecule has 3 heteroatoms. The average Bonchev–Trinajstić information content (AvgIpc) is 2.55. The second-order valence-corrected chi connectivity index (χ2v) is 6.04. The van der Waals surface area contributed by atoms with Gasteiger partial charge in [0.15, 0.2) is 0 Å². The zero-order valence-corrected chi connectivity index (χ0v) is 13.0. The lowest BCUT2D eigenvalue weighted by molar-refractivity contribution is 0.619. The SMILES string of the molecule is Cc1ccc2ncnc(N3CCc4ccccc4C3C)c2c1. The maximum atomic E-state index is 4.61. The molecule has 1 unspecified atom stereocenters. The molecule has 1 aromatic heterocycles. The lowest BCUT2D eigenvalue weighted by Gasteiger charge is -2.36. The highest BCUT2D eigenvalue weighted by atomic mass is 15.2. The van der Waals surface area contributed by atoms with E-state index in [4.69, 9.17) is 0 Å². The minimum atomic E-state index is 0.337. The Labute approximate surface area is 130 Å². The van der Waals surface area contributed by atoms with Crippen LogP contribution < -0.4 is 4.90 Å². The van der Waals surface area contributed by atoms with Crippen LogP contribution in [0.1, 0.15) is 29.7 Å². The number of anilines is 1. The highest BCUT2D eigenvalue weighted by Crippen LogP contribution is 2.35. The van der Waals surface area contributed by atoms with E-state index in [9.17, 15) is 0 Å². The van der Waals surface area contributed by atoms with Gasteiger partial charge in [0.25, 0.3) is 0 Å². The van der Waals surface area contributed by atoms with Crippen molar-refractivity contribution in [2.45, 2.75) is 26.3 Å². The van der Waals surface area contributed by atoms with Gasteiger partial charge in [0, 0.05) is 11.9 Å². The molecule has 0 bridgehead atoms. The molecule has 4 rings (SSSR count). The fourth-order valence-electron chi connectivity index (χ4n) is 3.45. The van der Waals surface area contributed by atoms with Crippen molar-refractivity contribution in [2.24, 2.45) is 0 Å². The number of hydrogen-bond donors (Lipinski definition) is 0. The van der Waals surface area contributed by atoms with Crippen LogP contribution in [-0.2, 0) is 6.42 Å². The van der Waals surface area contributed by atoms with Crippen LogP contribution in [0.5, 0.6) is 0 Å². The van der Waals surface area contributed by atoms with Crippen molar-refractivity contribution in [3.05, 3.63) is 65.5 Å². The van der Waals surface area contributed by atoms with Gasteiger partial charge in [0.2, 0.25) is 0 Å². The maximum Gasteiger partial charge on any atom is 0.140 e. The third-order valence-corrected chi connectivity index (χ3v) is 4.64. The van der Waals surface area contributed by atoms with Gasteiger partial charge in [-0.1, -0.05) is 35.9 Å². The fraction of sp³-hybridized carbons (Fsp3) is 0.263. The Hall–Kier alpha value is -2.42. The van der Waals surface area contributed by atoms with Crippen molar-refractivity contribution >= 4 is 16.7 Å². The molecule has 0 spiro atoms. The third-order valence-electron chi connectivity index (χ3n) is 4.64. The molecule has 110 valence electrons. The summed E-state index contributed by atoms with van der Waals surface area (Å²) in [5.41, 5.74) is 5.13. The molecule has 2 aromatic carbocycles. The van der Waals surface area contributed by atoms with E-state index in [-0.39, 0.29) is 0 Å². The van der Waals surface area contributed by atoms with Crippen LogP contribution in [0.15, 0.2) is 48.8 Å². The van der Waals surface area contributed by atoms with Crippen molar-refractivity contribution in [3.63, 3.8) is 0 Å². The van der Waals surface area contributed by atoms with Gasteiger partial charge in [-0.25, -0.2) is 9.97 Å². The van der Waals surface area contributed by atoms with Gasteiger partial charge in [0.05, 0.1) is 11.6 Å². The summed E-state index contributed by atoms with van der Waals surface area (Å²) in [6, 6.07) is 15.4. The van der Waals surface area contributed by atoms with Gasteiger partial charge in [-0.15, -0.1) is 0 Å². The first-order chi connectivity index (χ1) is 10.7. The number of nitrogens with zero attached hydrogens (tertiary/aromatic N) is 3. The molecule has 0 amide bonds. The molecule has 0 saturated carbocycles. The van der Waals surface area contributed by atoms with Gasteiger partial charge < -0.3 is 4.90 Å². The molecular formula is C19H19N3. The molecule has 0 aliphatic carbocycles. The van der Waals surface area contributed by atoms with E-state index in [2.05, 4.69) is 71.2 Å². The Bertz CT molecular complexity index is 841. The van der Waals surface area contributed by atoms with Crippen molar-refractivity contribution in [3.8, 4) is 0 Å². The van der Waals surface area contributed by atoms with Crippen LogP contribution >= 0.6 is 0 Å². The van der Waals surface area contributed by atoms with Crippen LogP contribution in [0.3, 0.4) is 0 Å². The van der Waals surface area contributed by atoms with Crippen LogP contribution in [-0.4, -0.2) is 16.5 Å². The molecule has 0 saturated heterocycles. The summed E-state index contributed by atoms with van der Waals surface area (Å²) >= 11 is 0. The van der Waals surface area contributed by atoms with Crippen LogP contribution in [0.4, 0.5) is 5.82 Å². The minimum Gasteiger partial charge on any atom is -0.349 e. The number of aryl methyl sites for hydroxylation is 1. The Morgan fingerprint density at radius 3 is 2.86 bits per heavy atom. The van der Waals surface area contributed by atoms with E-state index in [1.807, 2.05) is 0 Å². The van der Waals surface area contributed by atoms with Gasteiger partial charge in [-0.2, -0.15) is 0 Å². The van der Waals surface area contributed by atoms with Gasteiger partial charge in [-0.3, -0.25) is 0 Å². The second-order valence-electron chi connectivity index (χ2n) is 6.04. The summed E-state index contributed by atoms with van der Waals surface area (Å²) in [6.45, 7) is 5.38. The molecule has 1 aliphatic heterocycles. The molecule has 2 heterocycles. The largest absolute Gasteiger partial charge is 0.349 e. The smallest absolute Gasteiger partial charge is 0.140 e. The summed E-state index contributed by atoms with van der Waals surface area (Å²) in [5, 5.41) is 1.15. The monoisotopic (exact) mass is 289 g/mol. The summed E-state index contributed by atoms with van der Waals surface area (Å²) in [4.78, 5) is 11.4. The van der Waals surface area contributed by atoms with Crippen LogP contribution in [0, 0.1) is 6.92 Å². The summed E-state index contributed by atoms with van der Waals surface area (Å²) < 4.78 is 0. The minimum absolute atomic E-state index is 0.337. The molecule has 0 fully saturated rings. The predicted octanol–water partition coefficient (Wildman–Crippen LogP) is 4.06. The lowest BCUT2D eigenvalue weighted by Crippen LogP contribution is -2.34. The first-order valence-corrected chi connectivity index (χ1v) is 7.80. The number of benzene rings is 2. The Balaban J connectivity index is 1.85. The molecule has 0 N–H and O–H groups in total. The van der Waals surface area contributed by atoms with Gasteiger partial charge in [-0.05, 0) is 43.5 Å². The van der Waals surface area contributed by atoms with Crippen LogP contribution in [0.25, 0.3) is 10.9 Å². The first-order valence-electron chi connectivity index (χ1n) is 7.80. The third kappa shape index (κ3) is 2.05. The second kappa shape index (κ2) is 5.09. The van der Waals surface area contributed by atoms with Crippen molar-refractivity contribution in [1.29, 1.82) is 0 Å². The van der Waals surface area contributed by atoms with E-state index < -0.39 is 0 Å². The van der Waals surface area contributed by atoms with Gasteiger partial charge in [0.1, 0.15) is 12.1 Å². The summed E-state index contributed by atoms with van der Waals surface area (Å²) in [7, 11) is 0. The standard InChI is InChI=1S/C19H19N3/c1-13-7-8-18-17(11-13)19(21-12-20-18)22-10-9-15-5-3-4-6-16(15)14(22)2/h3-8,11-12,14H,9-10H2,1-2H3. The predicted molar refractivity (Wildman–Crippen MR) is 90.2 cm³/mol. The molecule has 1 aliphatic rings. The molecular weight excluding hydrogens is 270 g/mol. The normalized spacial score (nSPS) is 17.5. The maximum absolute atomic E-state index is 4.61. The van der Waals surface area contributed by atoms with E-state index in [1.165, 1.54) is 16.7 Å².